The highest BCUT2D eigenvalue weighted by atomic mass is 32.1. The number of hydrogen-bond donors (Lipinski definition) is 0. The lowest BCUT2D eigenvalue weighted by atomic mass is 9.76. The van der Waals surface area contributed by atoms with Crippen LogP contribution in [0.1, 0.15) is 62.8 Å². The molecule has 4 heteroatoms. The van der Waals surface area contributed by atoms with Crippen molar-refractivity contribution >= 4 is 21.6 Å². The van der Waals surface area contributed by atoms with E-state index in [0.29, 0.717) is 11.5 Å². The van der Waals surface area contributed by atoms with Crippen LogP contribution in [0.25, 0.3) is 10.2 Å². The van der Waals surface area contributed by atoms with Gasteiger partial charge in [0.05, 0.1) is 5.39 Å². The molecule has 1 fully saturated rings. The third kappa shape index (κ3) is 2.62. The highest BCUT2D eigenvalue weighted by Crippen LogP contribution is 2.44. The van der Waals surface area contributed by atoms with Crippen LogP contribution in [0.4, 0.5) is 0 Å². The van der Waals surface area contributed by atoms with Gasteiger partial charge in [0, 0.05) is 4.88 Å². The summed E-state index contributed by atoms with van der Waals surface area (Å²) in [4.78, 5) is 11.6. The van der Waals surface area contributed by atoms with Crippen LogP contribution in [0, 0.1) is 5.41 Å². The molecule has 2 aromatic rings. The first-order valence-corrected chi connectivity index (χ1v) is 9.36. The Kier molecular flexibility index (Phi) is 3.60. The van der Waals surface area contributed by atoms with Gasteiger partial charge >= 0.3 is 0 Å². The fraction of sp³-hybridized carbons (Fsp3) is 0.667. The summed E-state index contributed by atoms with van der Waals surface area (Å²) in [5.74, 6) is 0.840. The zero-order valence-corrected chi connectivity index (χ0v) is 14.3. The molecule has 0 bridgehead atoms. The monoisotopic (exact) mass is 316 g/mol. The van der Waals surface area contributed by atoms with Gasteiger partial charge in [0.15, 0.2) is 0 Å². The summed E-state index contributed by atoms with van der Waals surface area (Å²) in [5, 5.41) is 1.21. The van der Waals surface area contributed by atoms with E-state index >= 15 is 0 Å². The molecule has 2 heterocycles. The van der Waals surface area contributed by atoms with Crippen molar-refractivity contribution in [3.8, 4) is 5.88 Å². The Morgan fingerprint density at radius 3 is 2.82 bits per heavy atom. The number of thiophene rings is 1. The summed E-state index contributed by atoms with van der Waals surface area (Å²) >= 11 is 1.85. The lowest BCUT2D eigenvalue weighted by Gasteiger charge is -2.29. The highest BCUT2D eigenvalue weighted by Gasteiger charge is 2.30. The van der Waals surface area contributed by atoms with Gasteiger partial charge < -0.3 is 4.74 Å². The van der Waals surface area contributed by atoms with Crippen LogP contribution in [-0.4, -0.2) is 16.1 Å². The van der Waals surface area contributed by atoms with Gasteiger partial charge in [-0.25, -0.2) is 9.97 Å². The molecule has 0 saturated heterocycles. The van der Waals surface area contributed by atoms with Crippen LogP contribution >= 0.6 is 11.3 Å². The van der Waals surface area contributed by atoms with Gasteiger partial charge in [0.1, 0.15) is 17.3 Å². The Labute approximate surface area is 136 Å². The van der Waals surface area contributed by atoms with Gasteiger partial charge in [-0.05, 0) is 55.9 Å². The van der Waals surface area contributed by atoms with Crippen molar-refractivity contribution in [2.75, 3.05) is 0 Å². The molecular weight excluding hydrogens is 292 g/mol. The molecule has 0 spiro atoms. The molecular formula is C18H24N2OS. The van der Waals surface area contributed by atoms with Gasteiger partial charge in [-0.3, -0.25) is 0 Å². The minimum Gasteiger partial charge on any atom is -0.474 e. The minimum absolute atomic E-state index is 0.346. The molecule has 3 nitrogen and oxygen atoms in total. The lowest BCUT2D eigenvalue weighted by molar-refractivity contribution is 0.150. The SMILES string of the molecule is CC1(C)CCc2sc3ncnc(OC4CCCCC4)c3c2C1. The Morgan fingerprint density at radius 2 is 2.00 bits per heavy atom. The lowest BCUT2D eigenvalue weighted by Crippen LogP contribution is -2.22. The van der Waals surface area contributed by atoms with Crippen molar-refractivity contribution in [2.45, 2.75) is 71.3 Å². The van der Waals surface area contributed by atoms with E-state index in [9.17, 15) is 0 Å². The van der Waals surface area contributed by atoms with Crippen molar-refractivity contribution < 1.29 is 4.74 Å². The topological polar surface area (TPSA) is 35.0 Å². The number of nitrogens with zero attached hydrogens (tertiary/aromatic N) is 2. The maximum absolute atomic E-state index is 6.32. The zero-order valence-electron chi connectivity index (χ0n) is 13.5. The van der Waals surface area contributed by atoms with E-state index in [0.717, 1.165) is 17.1 Å². The minimum atomic E-state index is 0.346. The molecule has 0 aromatic carbocycles. The summed E-state index contributed by atoms with van der Waals surface area (Å²) in [6.45, 7) is 4.73. The van der Waals surface area contributed by atoms with Gasteiger partial charge in [-0.15, -0.1) is 11.3 Å². The Hall–Kier alpha value is -1.16. The molecule has 0 unspecified atom stereocenters. The number of ether oxygens (including phenoxy) is 1. The molecule has 118 valence electrons. The third-order valence-corrected chi connectivity index (χ3v) is 6.35. The first-order chi connectivity index (χ1) is 10.6. The Bertz CT molecular complexity index is 686. The normalized spacial score (nSPS) is 21.7. The average molecular weight is 316 g/mol. The van der Waals surface area contributed by atoms with Crippen molar-refractivity contribution in [2.24, 2.45) is 5.41 Å². The number of hydrogen-bond acceptors (Lipinski definition) is 4. The van der Waals surface area contributed by atoms with Gasteiger partial charge in [0.25, 0.3) is 0 Å². The fourth-order valence-corrected chi connectivity index (χ4v) is 4.99. The first-order valence-electron chi connectivity index (χ1n) is 8.54. The summed E-state index contributed by atoms with van der Waals surface area (Å²) in [7, 11) is 0. The first kappa shape index (κ1) is 14.4. The highest BCUT2D eigenvalue weighted by molar-refractivity contribution is 7.18. The van der Waals surface area contributed by atoms with Crippen molar-refractivity contribution in [1.82, 2.24) is 9.97 Å². The predicted octanol–water partition coefficient (Wildman–Crippen LogP) is 4.92. The summed E-state index contributed by atoms with van der Waals surface area (Å²) in [6, 6.07) is 0. The molecule has 0 aliphatic heterocycles. The largest absolute Gasteiger partial charge is 0.474 e. The summed E-state index contributed by atoms with van der Waals surface area (Å²) in [6.07, 6.45) is 11.8. The van der Waals surface area contributed by atoms with Crippen LogP contribution in [0.15, 0.2) is 6.33 Å². The van der Waals surface area contributed by atoms with Crippen molar-refractivity contribution in [3.63, 3.8) is 0 Å². The molecule has 2 aromatic heterocycles. The van der Waals surface area contributed by atoms with Crippen LogP contribution in [0.2, 0.25) is 0 Å². The molecule has 2 aliphatic rings. The molecule has 2 aliphatic carbocycles. The van der Waals surface area contributed by atoms with E-state index in [2.05, 4.69) is 23.8 Å². The molecule has 0 amide bonds. The van der Waals surface area contributed by atoms with E-state index in [1.165, 1.54) is 60.8 Å². The number of aryl methyl sites for hydroxylation is 1. The van der Waals surface area contributed by atoms with E-state index < -0.39 is 0 Å². The average Bonchev–Trinajstić information content (AvgIpc) is 2.86. The molecule has 0 atom stereocenters. The smallest absolute Gasteiger partial charge is 0.225 e. The molecule has 4 rings (SSSR count). The maximum atomic E-state index is 6.32. The third-order valence-electron chi connectivity index (χ3n) is 5.15. The van der Waals surface area contributed by atoms with Crippen molar-refractivity contribution in [3.05, 3.63) is 16.8 Å². The second kappa shape index (κ2) is 5.48. The van der Waals surface area contributed by atoms with Crippen molar-refractivity contribution in [1.29, 1.82) is 0 Å². The van der Waals surface area contributed by atoms with Crippen LogP contribution < -0.4 is 4.74 Å². The van der Waals surface area contributed by atoms with Gasteiger partial charge in [-0.2, -0.15) is 0 Å². The zero-order chi connectivity index (χ0) is 15.2. The quantitative estimate of drug-likeness (QED) is 0.789. The van der Waals surface area contributed by atoms with Gasteiger partial charge in [0.2, 0.25) is 5.88 Å². The van der Waals surface area contributed by atoms with Crippen LogP contribution in [0.3, 0.4) is 0 Å². The van der Waals surface area contributed by atoms with Crippen LogP contribution in [-0.2, 0) is 12.8 Å². The molecule has 0 N–H and O–H groups in total. The standard InChI is InChI=1S/C18H24N2OS/c1-18(2)9-8-14-13(10-18)15-16(19-11-20-17(15)22-14)21-12-6-4-3-5-7-12/h11-12H,3-10H2,1-2H3. The van der Waals surface area contributed by atoms with E-state index in [1.807, 2.05) is 11.3 Å². The maximum Gasteiger partial charge on any atom is 0.225 e. The molecule has 0 radical (unpaired) electrons. The Balaban J connectivity index is 1.74. The fourth-order valence-electron chi connectivity index (χ4n) is 3.85. The van der Waals surface area contributed by atoms with E-state index in [1.54, 1.807) is 6.33 Å². The number of aromatic nitrogens is 2. The number of fused-ring (bicyclic) bond motifs is 3. The number of rotatable bonds is 2. The predicted molar refractivity (Wildman–Crippen MR) is 90.7 cm³/mol. The van der Waals surface area contributed by atoms with Gasteiger partial charge in [-0.1, -0.05) is 20.3 Å². The Morgan fingerprint density at radius 1 is 1.18 bits per heavy atom. The summed E-state index contributed by atoms with van der Waals surface area (Å²) in [5.41, 5.74) is 1.83. The second-order valence-corrected chi connectivity index (χ2v) is 8.67. The molecule has 1 saturated carbocycles. The van der Waals surface area contributed by atoms with E-state index in [-0.39, 0.29) is 0 Å². The van der Waals surface area contributed by atoms with Crippen LogP contribution in [0.5, 0.6) is 5.88 Å². The second-order valence-electron chi connectivity index (χ2n) is 7.58. The summed E-state index contributed by atoms with van der Waals surface area (Å²) < 4.78 is 6.32. The van der Waals surface area contributed by atoms with E-state index in [4.69, 9.17) is 4.74 Å². The molecule has 22 heavy (non-hydrogen) atoms.